The number of amides is 1. The van der Waals surface area contributed by atoms with Crippen LogP contribution in [0.15, 0.2) is 53.6 Å². The number of nitrogens with two attached hydrogens (primary N) is 1. The minimum Gasteiger partial charge on any atom is -0.383 e. The molecule has 0 bridgehead atoms. The van der Waals surface area contributed by atoms with E-state index in [-0.39, 0.29) is 22.9 Å². The lowest BCUT2D eigenvalue weighted by Crippen LogP contribution is -2.25. The molecule has 1 atom stereocenters. The van der Waals surface area contributed by atoms with Crippen molar-refractivity contribution in [3.8, 4) is 23.3 Å². The fourth-order valence-corrected chi connectivity index (χ4v) is 4.63. The summed E-state index contributed by atoms with van der Waals surface area (Å²) in [6.45, 7) is 8.06. The summed E-state index contributed by atoms with van der Waals surface area (Å²) in [6, 6.07) is 19.6. The van der Waals surface area contributed by atoms with Gasteiger partial charge in [0, 0.05) is 11.3 Å². The highest BCUT2D eigenvalue weighted by Gasteiger charge is 2.25. The summed E-state index contributed by atoms with van der Waals surface area (Å²) in [4.78, 5) is 17.4. The van der Waals surface area contributed by atoms with Crippen LogP contribution in [-0.4, -0.2) is 16.1 Å². The summed E-state index contributed by atoms with van der Waals surface area (Å²) in [5.74, 6) is 0.209. The summed E-state index contributed by atoms with van der Waals surface area (Å²) < 4.78 is 0. The van der Waals surface area contributed by atoms with Crippen molar-refractivity contribution < 1.29 is 4.79 Å². The molecule has 1 unspecified atom stereocenters. The van der Waals surface area contributed by atoms with Crippen molar-refractivity contribution in [2.45, 2.75) is 50.3 Å². The van der Waals surface area contributed by atoms with Gasteiger partial charge in [-0.1, -0.05) is 68.9 Å². The first-order chi connectivity index (χ1) is 16.3. The highest BCUT2D eigenvalue weighted by molar-refractivity contribution is 8.00. The van der Waals surface area contributed by atoms with Gasteiger partial charge in [0.15, 0.2) is 0 Å². The van der Waals surface area contributed by atoms with Crippen molar-refractivity contribution in [2.24, 2.45) is 0 Å². The molecular weight excluding hydrogens is 442 g/mol. The predicted octanol–water partition coefficient (Wildman–Crippen LogP) is 6.02. The maximum absolute atomic E-state index is 13.0. The van der Waals surface area contributed by atoms with Gasteiger partial charge in [-0.05, 0) is 48.1 Å². The van der Waals surface area contributed by atoms with Crippen LogP contribution in [-0.2, 0) is 4.79 Å². The average Bonchev–Trinajstić information content (AvgIpc) is 2.82. The minimum atomic E-state index is -0.497. The number of hydrogen-bond acceptors (Lipinski definition) is 6. The Morgan fingerprint density at radius 2 is 1.79 bits per heavy atom. The molecule has 1 heterocycles. The topological polar surface area (TPSA) is 116 Å². The molecule has 34 heavy (non-hydrogen) atoms. The summed E-state index contributed by atoms with van der Waals surface area (Å²) in [6.07, 6.45) is 0.521. The van der Waals surface area contributed by atoms with Crippen molar-refractivity contribution in [3.63, 3.8) is 0 Å². The summed E-state index contributed by atoms with van der Waals surface area (Å²) in [5, 5.41) is 22.6. The third-order valence-electron chi connectivity index (χ3n) is 5.48. The third kappa shape index (κ3) is 5.39. The van der Waals surface area contributed by atoms with Crippen LogP contribution in [0.3, 0.4) is 0 Å². The maximum atomic E-state index is 13.0. The van der Waals surface area contributed by atoms with E-state index in [4.69, 9.17) is 5.73 Å². The SMILES string of the molecule is CCC(Sc1nc(N)c(C#N)c(-c2ccc(C(C)C)cc2)c1C#N)C(=O)Nc1cccc(C)c1. The molecule has 3 aromatic rings. The van der Waals surface area contributed by atoms with Gasteiger partial charge in [0.2, 0.25) is 5.91 Å². The number of thioether (sulfide) groups is 1. The van der Waals surface area contributed by atoms with Crippen molar-refractivity contribution in [3.05, 3.63) is 70.8 Å². The fourth-order valence-electron chi connectivity index (χ4n) is 3.61. The van der Waals surface area contributed by atoms with Crippen LogP contribution in [0.25, 0.3) is 11.1 Å². The molecule has 0 fully saturated rings. The van der Waals surface area contributed by atoms with Crippen molar-refractivity contribution in [2.75, 3.05) is 11.1 Å². The lowest BCUT2D eigenvalue weighted by molar-refractivity contribution is -0.115. The molecule has 7 heteroatoms. The smallest absolute Gasteiger partial charge is 0.237 e. The molecule has 0 aliphatic heterocycles. The summed E-state index contributed by atoms with van der Waals surface area (Å²) in [5.41, 5.74) is 10.6. The summed E-state index contributed by atoms with van der Waals surface area (Å²) >= 11 is 1.19. The van der Waals surface area contributed by atoms with Crippen molar-refractivity contribution >= 4 is 29.2 Å². The number of pyridine rings is 1. The van der Waals surface area contributed by atoms with E-state index >= 15 is 0 Å². The van der Waals surface area contributed by atoms with E-state index in [1.165, 1.54) is 11.8 Å². The zero-order valence-corrected chi connectivity index (χ0v) is 20.5. The Kier molecular flexibility index (Phi) is 7.94. The van der Waals surface area contributed by atoms with E-state index in [9.17, 15) is 15.3 Å². The second kappa shape index (κ2) is 10.9. The largest absolute Gasteiger partial charge is 0.383 e. The summed E-state index contributed by atoms with van der Waals surface area (Å²) in [7, 11) is 0. The van der Waals surface area contributed by atoms with Crippen LogP contribution in [0.2, 0.25) is 0 Å². The number of nitrogen functional groups attached to an aromatic ring is 1. The number of rotatable bonds is 7. The highest BCUT2D eigenvalue weighted by atomic mass is 32.2. The first-order valence-electron chi connectivity index (χ1n) is 11.1. The minimum absolute atomic E-state index is 0.0425. The number of benzene rings is 2. The van der Waals surface area contributed by atoms with Crippen LogP contribution in [0.5, 0.6) is 0 Å². The monoisotopic (exact) mass is 469 g/mol. The Hall–Kier alpha value is -3.81. The molecule has 1 aromatic heterocycles. The molecule has 172 valence electrons. The van der Waals surface area contributed by atoms with Gasteiger partial charge in [-0.2, -0.15) is 10.5 Å². The van der Waals surface area contributed by atoms with Gasteiger partial charge in [-0.15, -0.1) is 0 Å². The van der Waals surface area contributed by atoms with E-state index in [1.54, 1.807) is 0 Å². The number of anilines is 2. The van der Waals surface area contributed by atoms with E-state index < -0.39 is 5.25 Å². The number of nitriles is 2. The highest BCUT2D eigenvalue weighted by Crippen LogP contribution is 2.38. The van der Waals surface area contributed by atoms with Gasteiger partial charge in [-0.3, -0.25) is 4.79 Å². The number of aryl methyl sites for hydroxylation is 1. The van der Waals surface area contributed by atoms with Gasteiger partial charge in [0.1, 0.15) is 28.5 Å². The molecule has 0 saturated heterocycles. The molecule has 3 N–H and O–H groups in total. The lowest BCUT2D eigenvalue weighted by atomic mass is 9.94. The van der Waals surface area contributed by atoms with Gasteiger partial charge < -0.3 is 11.1 Å². The van der Waals surface area contributed by atoms with Crippen LogP contribution in [0.1, 0.15) is 55.4 Å². The quantitative estimate of drug-likeness (QED) is 0.409. The Morgan fingerprint density at radius 1 is 1.12 bits per heavy atom. The first kappa shape index (κ1) is 24.8. The molecule has 0 spiro atoms. The Balaban J connectivity index is 2.02. The molecule has 0 aliphatic carbocycles. The maximum Gasteiger partial charge on any atom is 0.237 e. The van der Waals surface area contributed by atoms with Crippen molar-refractivity contribution in [1.82, 2.24) is 4.98 Å². The van der Waals surface area contributed by atoms with Gasteiger partial charge in [0.25, 0.3) is 0 Å². The number of nitrogens with zero attached hydrogens (tertiary/aromatic N) is 3. The second-order valence-electron chi connectivity index (χ2n) is 8.30. The molecule has 0 saturated carbocycles. The molecule has 0 radical (unpaired) electrons. The Bertz CT molecular complexity index is 1290. The van der Waals surface area contributed by atoms with Crippen LogP contribution >= 0.6 is 11.8 Å². The van der Waals surface area contributed by atoms with E-state index in [2.05, 4.69) is 36.3 Å². The fraction of sp³-hybridized carbons (Fsp3) is 0.259. The first-order valence-corrected chi connectivity index (χ1v) is 11.9. The van der Waals surface area contributed by atoms with Gasteiger partial charge >= 0.3 is 0 Å². The third-order valence-corrected chi connectivity index (χ3v) is 6.83. The lowest BCUT2D eigenvalue weighted by Gasteiger charge is -2.18. The second-order valence-corrected chi connectivity index (χ2v) is 9.49. The Labute approximate surface area is 204 Å². The number of carbonyl (C=O) groups excluding carboxylic acids is 1. The molecule has 3 rings (SSSR count). The van der Waals surface area contributed by atoms with Crippen LogP contribution in [0.4, 0.5) is 11.5 Å². The Morgan fingerprint density at radius 3 is 2.35 bits per heavy atom. The van der Waals surface area contributed by atoms with E-state index in [1.807, 2.05) is 62.4 Å². The van der Waals surface area contributed by atoms with Gasteiger partial charge in [-0.25, -0.2) is 4.98 Å². The van der Waals surface area contributed by atoms with Crippen LogP contribution in [0, 0.1) is 29.6 Å². The molecular formula is C27H27N5OS. The zero-order chi connectivity index (χ0) is 24.8. The number of aromatic nitrogens is 1. The molecule has 6 nitrogen and oxygen atoms in total. The number of hydrogen-bond donors (Lipinski definition) is 2. The average molecular weight is 470 g/mol. The van der Waals surface area contributed by atoms with Gasteiger partial charge in [0.05, 0.1) is 10.8 Å². The number of nitrogens with one attached hydrogen (secondary N) is 1. The molecule has 2 aromatic carbocycles. The standard InChI is InChI=1S/C27H27N5OS/c1-5-23(26(33)31-20-8-6-7-17(4)13-20)34-27-22(15-29)24(21(14-28)25(30)32-27)19-11-9-18(10-12-19)16(2)3/h6-13,16,23H,5H2,1-4H3,(H2,30,32)(H,31,33). The zero-order valence-electron chi connectivity index (χ0n) is 19.7. The molecule has 1 amide bonds. The van der Waals surface area contributed by atoms with Crippen molar-refractivity contribution in [1.29, 1.82) is 10.5 Å². The van der Waals surface area contributed by atoms with Crippen LogP contribution < -0.4 is 11.1 Å². The molecule has 0 aliphatic rings. The predicted molar refractivity (Wildman–Crippen MR) is 137 cm³/mol. The number of carbonyl (C=O) groups is 1. The van der Waals surface area contributed by atoms with E-state index in [0.29, 0.717) is 34.2 Å². The van der Waals surface area contributed by atoms with E-state index in [0.717, 1.165) is 11.1 Å². The normalized spacial score (nSPS) is 11.5.